The Labute approximate surface area is 186 Å². The summed E-state index contributed by atoms with van der Waals surface area (Å²) in [5, 5.41) is 4.39. The topological polar surface area (TPSA) is 83.9 Å². The molecule has 0 fully saturated rings. The van der Waals surface area contributed by atoms with Gasteiger partial charge in [0.2, 0.25) is 0 Å². The van der Waals surface area contributed by atoms with Gasteiger partial charge in [-0.15, -0.1) is 0 Å². The number of aromatic amines is 1. The van der Waals surface area contributed by atoms with E-state index in [4.69, 9.17) is 14.5 Å². The third-order valence-electron chi connectivity index (χ3n) is 4.64. The van der Waals surface area contributed by atoms with Crippen molar-refractivity contribution in [1.29, 1.82) is 0 Å². The van der Waals surface area contributed by atoms with Gasteiger partial charge in [0.1, 0.15) is 0 Å². The molecule has 4 aromatic rings. The number of hydrogen-bond acceptors (Lipinski definition) is 5. The Morgan fingerprint density at radius 3 is 2.62 bits per heavy atom. The van der Waals surface area contributed by atoms with E-state index in [0.29, 0.717) is 29.8 Å². The molecule has 0 bridgehead atoms. The molecule has 0 amide bonds. The second-order valence-electron chi connectivity index (χ2n) is 7.03. The van der Waals surface area contributed by atoms with Gasteiger partial charge < -0.3 is 14.5 Å². The van der Waals surface area contributed by atoms with Crippen LogP contribution >= 0.6 is 0 Å². The van der Waals surface area contributed by atoms with Crippen LogP contribution in [0.4, 0.5) is 5.69 Å². The summed E-state index contributed by atoms with van der Waals surface area (Å²) in [5.74, 6) is 2.50. The number of rotatable bonds is 8. The highest BCUT2D eigenvalue weighted by atomic mass is 16.5. The Bertz CT molecular complexity index is 1200. The van der Waals surface area contributed by atoms with Crippen LogP contribution in [0.15, 0.2) is 82.9 Å². The molecular weight excluding hydrogens is 402 g/mol. The SMILES string of the molecule is CCCOc1ccc(C=NNC(=Nc2ccccc2)c2nc3ccccc3[nH]2)cc1OC. The zero-order valence-electron chi connectivity index (χ0n) is 18.1. The van der Waals surface area contributed by atoms with Crippen LogP contribution in [0, 0.1) is 0 Å². The van der Waals surface area contributed by atoms with E-state index in [0.717, 1.165) is 28.7 Å². The number of imidazole rings is 1. The summed E-state index contributed by atoms with van der Waals surface area (Å²) in [6, 6.07) is 23.2. The summed E-state index contributed by atoms with van der Waals surface area (Å²) in [6.07, 6.45) is 2.64. The van der Waals surface area contributed by atoms with Crippen molar-refractivity contribution in [3.63, 3.8) is 0 Å². The van der Waals surface area contributed by atoms with Gasteiger partial charge in [-0.2, -0.15) is 5.10 Å². The molecule has 0 aliphatic carbocycles. The van der Waals surface area contributed by atoms with Gasteiger partial charge in [-0.25, -0.2) is 9.98 Å². The smallest absolute Gasteiger partial charge is 0.190 e. The van der Waals surface area contributed by atoms with Gasteiger partial charge in [-0.05, 0) is 54.4 Å². The summed E-state index contributed by atoms with van der Waals surface area (Å²) < 4.78 is 11.2. The second-order valence-corrected chi connectivity index (χ2v) is 7.03. The van der Waals surface area contributed by atoms with Crippen LogP contribution in [0.2, 0.25) is 0 Å². The Balaban J connectivity index is 1.59. The summed E-state index contributed by atoms with van der Waals surface area (Å²) in [4.78, 5) is 12.6. The van der Waals surface area contributed by atoms with Crippen molar-refractivity contribution in [2.45, 2.75) is 13.3 Å². The number of methoxy groups -OCH3 is 1. The predicted octanol–water partition coefficient (Wildman–Crippen LogP) is 5.06. The molecule has 0 atom stereocenters. The van der Waals surface area contributed by atoms with E-state index in [-0.39, 0.29) is 0 Å². The highest BCUT2D eigenvalue weighted by molar-refractivity contribution is 6.00. The van der Waals surface area contributed by atoms with E-state index in [9.17, 15) is 0 Å². The lowest BCUT2D eigenvalue weighted by Crippen LogP contribution is -2.20. The lowest BCUT2D eigenvalue weighted by molar-refractivity contribution is 0.294. The van der Waals surface area contributed by atoms with Crippen molar-refractivity contribution in [3.8, 4) is 11.5 Å². The molecule has 0 radical (unpaired) electrons. The number of hydrogen-bond donors (Lipinski definition) is 2. The van der Waals surface area contributed by atoms with E-state index in [1.54, 1.807) is 13.3 Å². The minimum atomic E-state index is 0.513. The normalized spacial score (nSPS) is 11.8. The maximum Gasteiger partial charge on any atom is 0.190 e. The fourth-order valence-corrected chi connectivity index (χ4v) is 3.09. The molecule has 32 heavy (non-hydrogen) atoms. The fourth-order valence-electron chi connectivity index (χ4n) is 3.09. The zero-order chi connectivity index (χ0) is 22.2. The average Bonchev–Trinajstić information content (AvgIpc) is 3.27. The highest BCUT2D eigenvalue weighted by Crippen LogP contribution is 2.27. The molecule has 0 unspecified atom stereocenters. The predicted molar refractivity (Wildman–Crippen MR) is 128 cm³/mol. The van der Waals surface area contributed by atoms with Gasteiger partial charge in [0.15, 0.2) is 23.2 Å². The van der Waals surface area contributed by atoms with Crippen LogP contribution in [0.25, 0.3) is 11.0 Å². The standard InChI is InChI=1S/C25H25N5O2/c1-3-15-32-22-14-13-18(16-23(22)31-2)17-26-30-25(27-19-9-5-4-6-10-19)24-28-20-11-7-8-12-21(20)29-24/h4-14,16-17H,3,15H2,1-2H3,(H,27,30)(H,28,29). The number of benzene rings is 3. The van der Waals surface area contributed by atoms with E-state index < -0.39 is 0 Å². The second kappa shape index (κ2) is 10.3. The third-order valence-corrected chi connectivity index (χ3v) is 4.64. The molecule has 3 aromatic carbocycles. The molecule has 4 rings (SSSR count). The molecule has 2 N–H and O–H groups in total. The number of nitrogens with zero attached hydrogens (tertiary/aromatic N) is 3. The van der Waals surface area contributed by atoms with Crippen LogP contribution in [-0.4, -0.2) is 35.7 Å². The number of nitrogens with one attached hydrogen (secondary N) is 2. The molecule has 1 heterocycles. The largest absolute Gasteiger partial charge is 0.493 e. The van der Waals surface area contributed by atoms with E-state index >= 15 is 0 Å². The Morgan fingerprint density at radius 2 is 1.84 bits per heavy atom. The highest BCUT2D eigenvalue weighted by Gasteiger charge is 2.10. The molecule has 0 spiro atoms. The minimum Gasteiger partial charge on any atom is -0.493 e. The van der Waals surface area contributed by atoms with Crippen molar-refractivity contribution >= 4 is 28.8 Å². The maximum atomic E-state index is 5.71. The lowest BCUT2D eigenvalue weighted by atomic mass is 10.2. The molecule has 7 heteroatoms. The number of hydrazone groups is 1. The summed E-state index contributed by atoms with van der Waals surface area (Å²) in [6.45, 7) is 2.71. The van der Waals surface area contributed by atoms with Crippen LogP contribution < -0.4 is 14.9 Å². The van der Waals surface area contributed by atoms with Gasteiger partial charge in [-0.3, -0.25) is 5.43 Å². The first-order valence-electron chi connectivity index (χ1n) is 10.5. The van der Waals surface area contributed by atoms with E-state index in [1.807, 2.05) is 72.8 Å². The summed E-state index contributed by atoms with van der Waals surface area (Å²) >= 11 is 0. The molecule has 162 valence electrons. The minimum absolute atomic E-state index is 0.513. The zero-order valence-corrected chi connectivity index (χ0v) is 18.1. The Hall–Kier alpha value is -4.13. The van der Waals surface area contributed by atoms with Crippen LogP contribution in [0.5, 0.6) is 11.5 Å². The summed E-state index contributed by atoms with van der Waals surface area (Å²) in [7, 11) is 1.62. The average molecular weight is 428 g/mol. The van der Waals surface area contributed by atoms with Crippen molar-refractivity contribution < 1.29 is 9.47 Å². The number of ether oxygens (including phenoxy) is 2. The van der Waals surface area contributed by atoms with E-state index in [1.165, 1.54) is 0 Å². The first-order chi connectivity index (χ1) is 15.8. The Morgan fingerprint density at radius 1 is 1.03 bits per heavy atom. The van der Waals surface area contributed by atoms with Crippen molar-refractivity contribution in [2.75, 3.05) is 13.7 Å². The molecule has 0 aliphatic heterocycles. The van der Waals surface area contributed by atoms with E-state index in [2.05, 4.69) is 27.4 Å². The molecule has 0 aliphatic rings. The lowest BCUT2D eigenvalue weighted by Gasteiger charge is -2.10. The van der Waals surface area contributed by atoms with Crippen molar-refractivity contribution in [3.05, 3.63) is 84.2 Å². The van der Waals surface area contributed by atoms with Crippen LogP contribution in [0.3, 0.4) is 0 Å². The molecule has 1 aromatic heterocycles. The van der Waals surface area contributed by atoms with Crippen molar-refractivity contribution in [1.82, 2.24) is 15.4 Å². The number of H-pyrrole nitrogens is 1. The quantitative estimate of drug-likeness (QED) is 0.234. The first-order valence-corrected chi connectivity index (χ1v) is 10.5. The van der Waals surface area contributed by atoms with Gasteiger partial charge in [0.05, 0.1) is 36.7 Å². The molecule has 7 nitrogen and oxygen atoms in total. The fraction of sp³-hybridized carbons (Fsp3) is 0.160. The van der Waals surface area contributed by atoms with Gasteiger partial charge in [-0.1, -0.05) is 37.3 Å². The van der Waals surface area contributed by atoms with Crippen LogP contribution in [0.1, 0.15) is 24.7 Å². The van der Waals surface area contributed by atoms with Crippen LogP contribution in [-0.2, 0) is 0 Å². The summed E-state index contributed by atoms with van der Waals surface area (Å²) in [5.41, 5.74) is 6.49. The molecule has 0 saturated carbocycles. The number of fused-ring (bicyclic) bond motifs is 1. The van der Waals surface area contributed by atoms with Gasteiger partial charge >= 0.3 is 0 Å². The Kier molecular flexibility index (Phi) is 6.77. The number of amidine groups is 1. The van der Waals surface area contributed by atoms with Crippen molar-refractivity contribution in [2.24, 2.45) is 10.1 Å². The third kappa shape index (κ3) is 5.13. The number of para-hydroxylation sites is 3. The monoisotopic (exact) mass is 427 g/mol. The first kappa shape index (κ1) is 21.1. The van der Waals surface area contributed by atoms with Gasteiger partial charge in [0.25, 0.3) is 0 Å². The number of aromatic nitrogens is 2. The maximum absolute atomic E-state index is 5.71. The number of aliphatic imine (C=N–C) groups is 1. The van der Waals surface area contributed by atoms with Gasteiger partial charge in [0, 0.05) is 0 Å². The molecular formula is C25H25N5O2. The molecule has 0 saturated heterocycles.